The molecule has 3 atom stereocenters. The van der Waals surface area contributed by atoms with Gasteiger partial charge in [0, 0.05) is 51.6 Å². The van der Waals surface area contributed by atoms with Crippen molar-refractivity contribution in [2.45, 2.75) is 56.7 Å². The Morgan fingerprint density at radius 3 is 2.67 bits per heavy atom. The molecule has 1 aromatic carbocycles. The summed E-state index contributed by atoms with van der Waals surface area (Å²) in [6.07, 6.45) is 6.01. The molecule has 1 saturated heterocycles. The number of hydrogen-bond acceptors (Lipinski definition) is 8. The molecule has 1 aliphatic carbocycles. The zero-order chi connectivity index (χ0) is 32.8. The second-order valence-electron chi connectivity index (χ2n) is 11.9. The van der Waals surface area contributed by atoms with E-state index in [0.29, 0.717) is 44.3 Å². The van der Waals surface area contributed by atoms with Gasteiger partial charge in [0.1, 0.15) is 17.4 Å². The molecule has 1 fully saturated rings. The molecule has 9 nitrogen and oxygen atoms in total. The molecule has 3 heterocycles. The van der Waals surface area contributed by atoms with Gasteiger partial charge < -0.3 is 25.2 Å². The molecule has 0 radical (unpaired) electrons. The van der Waals surface area contributed by atoms with Gasteiger partial charge in [0.2, 0.25) is 5.88 Å². The van der Waals surface area contributed by atoms with Gasteiger partial charge in [0.05, 0.1) is 30.9 Å². The first kappa shape index (κ1) is 33.7. The summed E-state index contributed by atoms with van der Waals surface area (Å²) in [5, 5.41) is 15.3. The van der Waals surface area contributed by atoms with Crippen molar-refractivity contribution in [3.63, 3.8) is 0 Å². The molecule has 3 N–H and O–H groups in total. The maximum Gasteiger partial charge on any atom is 0.270 e. The standard InChI is InChI=1S/C35H41ClFN5O4/c1-22-8-5-6-9-28(22)29-10-7-13-35(32(29)36,31-12-11-24(34(40-31)46-4)18-42-19-27(37)20-42)41-33(44)30-14-25(21-45-3)26(17-39-30)16-38-15-23(2)43/h5-14,17,23,27,32,38,43H,15-16,18-21H2,1-4H3,(H,41,44). The molecule has 244 valence electrons. The lowest BCUT2D eigenvalue weighted by molar-refractivity contribution is 0.0582. The zero-order valence-electron chi connectivity index (χ0n) is 26.6. The number of allylic oxidation sites excluding steroid dienone is 2. The first-order valence-electron chi connectivity index (χ1n) is 15.3. The Morgan fingerprint density at radius 1 is 1.20 bits per heavy atom. The molecule has 3 aromatic rings. The highest BCUT2D eigenvalue weighted by molar-refractivity contribution is 6.28. The van der Waals surface area contributed by atoms with Gasteiger partial charge in [-0.1, -0.05) is 48.6 Å². The number of carbonyl (C=O) groups is 1. The van der Waals surface area contributed by atoms with E-state index < -0.39 is 29.1 Å². The third kappa shape index (κ3) is 7.32. The van der Waals surface area contributed by atoms with E-state index in [4.69, 9.17) is 26.1 Å². The number of alkyl halides is 2. The minimum absolute atomic E-state index is 0.192. The summed E-state index contributed by atoms with van der Waals surface area (Å²) in [6, 6.07) is 13.4. The van der Waals surface area contributed by atoms with Gasteiger partial charge in [0.25, 0.3) is 5.91 Å². The van der Waals surface area contributed by atoms with Gasteiger partial charge in [-0.25, -0.2) is 9.37 Å². The molecule has 3 unspecified atom stereocenters. The topological polar surface area (TPSA) is 109 Å². The van der Waals surface area contributed by atoms with Crippen molar-refractivity contribution in [2.75, 3.05) is 33.9 Å². The van der Waals surface area contributed by atoms with E-state index in [2.05, 4.69) is 15.6 Å². The van der Waals surface area contributed by atoms with Crippen LogP contribution in [0.1, 0.15) is 50.9 Å². The van der Waals surface area contributed by atoms with Crippen molar-refractivity contribution < 1.29 is 23.8 Å². The highest BCUT2D eigenvalue weighted by atomic mass is 35.5. The molecule has 2 aromatic heterocycles. The van der Waals surface area contributed by atoms with E-state index in [0.717, 1.165) is 33.4 Å². The number of pyridine rings is 2. The number of aromatic nitrogens is 2. The second kappa shape index (κ2) is 14.8. The van der Waals surface area contributed by atoms with Crippen LogP contribution in [0.4, 0.5) is 4.39 Å². The predicted molar refractivity (Wildman–Crippen MR) is 176 cm³/mol. The summed E-state index contributed by atoms with van der Waals surface area (Å²) in [5.74, 6) is -0.0613. The van der Waals surface area contributed by atoms with Crippen LogP contribution in [-0.4, -0.2) is 77.4 Å². The number of nitrogens with one attached hydrogen (secondary N) is 2. The van der Waals surface area contributed by atoms with E-state index in [1.807, 2.05) is 66.4 Å². The van der Waals surface area contributed by atoms with Gasteiger partial charge in [-0.05, 0) is 53.8 Å². The Labute approximate surface area is 274 Å². The van der Waals surface area contributed by atoms with Gasteiger partial charge >= 0.3 is 0 Å². The molecule has 0 saturated carbocycles. The molecule has 1 amide bonds. The lowest BCUT2D eigenvalue weighted by Crippen LogP contribution is -2.52. The Balaban J connectivity index is 1.52. The monoisotopic (exact) mass is 649 g/mol. The van der Waals surface area contributed by atoms with Crippen molar-refractivity contribution in [3.05, 3.63) is 106 Å². The zero-order valence-corrected chi connectivity index (χ0v) is 27.4. The smallest absolute Gasteiger partial charge is 0.270 e. The molecular formula is C35H41ClFN5O4. The molecule has 0 spiro atoms. The number of carbonyl (C=O) groups excluding carboxylic acids is 1. The van der Waals surface area contributed by atoms with Crippen LogP contribution in [0.5, 0.6) is 5.88 Å². The fourth-order valence-electron chi connectivity index (χ4n) is 5.87. The quantitative estimate of drug-likeness (QED) is 0.233. The van der Waals surface area contributed by atoms with Crippen LogP contribution >= 0.6 is 11.6 Å². The molecule has 2 aliphatic rings. The minimum Gasteiger partial charge on any atom is -0.481 e. The number of aliphatic hydroxyl groups excluding tert-OH is 1. The summed E-state index contributed by atoms with van der Waals surface area (Å²) in [7, 11) is 3.13. The number of nitrogens with zero attached hydrogens (tertiary/aromatic N) is 3. The number of rotatable bonds is 13. The predicted octanol–water partition coefficient (Wildman–Crippen LogP) is 4.45. The van der Waals surface area contributed by atoms with E-state index in [9.17, 15) is 14.3 Å². The van der Waals surface area contributed by atoms with Crippen LogP contribution in [0.25, 0.3) is 5.57 Å². The fraction of sp³-hybridized carbons (Fsp3) is 0.400. The van der Waals surface area contributed by atoms with Gasteiger partial charge in [-0.15, -0.1) is 11.6 Å². The second-order valence-corrected chi connectivity index (χ2v) is 12.3. The van der Waals surface area contributed by atoms with Gasteiger partial charge in [-0.3, -0.25) is 14.7 Å². The van der Waals surface area contributed by atoms with Crippen LogP contribution < -0.4 is 15.4 Å². The number of benzene rings is 1. The van der Waals surface area contributed by atoms with Crippen molar-refractivity contribution in [1.82, 2.24) is 25.5 Å². The largest absolute Gasteiger partial charge is 0.481 e. The minimum atomic E-state index is -1.28. The maximum atomic E-state index is 14.1. The van der Waals surface area contributed by atoms with Crippen LogP contribution in [-0.2, 0) is 30.0 Å². The maximum absolute atomic E-state index is 14.1. The highest BCUT2D eigenvalue weighted by Crippen LogP contribution is 2.42. The molecule has 46 heavy (non-hydrogen) atoms. The summed E-state index contributed by atoms with van der Waals surface area (Å²) < 4.78 is 24.6. The fourth-order valence-corrected chi connectivity index (χ4v) is 6.29. The van der Waals surface area contributed by atoms with E-state index in [1.54, 1.807) is 33.4 Å². The van der Waals surface area contributed by atoms with Crippen LogP contribution in [0.2, 0.25) is 0 Å². The third-order valence-electron chi connectivity index (χ3n) is 8.32. The van der Waals surface area contributed by atoms with Crippen molar-refractivity contribution >= 4 is 23.1 Å². The van der Waals surface area contributed by atoms with Crippen LogP contribution in [0, 0.1) is 6.92 Å². The number of aryl methyl sites for hydroxylation is 1. The molecular weight excluding hydrogens is 609 g/mol. The number of halogens is 2. The van der Waals surface area contributed by atoms with Gasteiger partial charge in [0.15, 0.2) is 0 Å². The summed E-state index contributed by atoms with van der Waals surface area (Å²) in [4.78, 5) is 25.5. The normalized spacial score (nSPS) is 20.6. The van der Waals surface area contributed by atoms with Crippen LogP contribution in [0.3, 0.4) is 0 Å². The summed E-state index contributed by atoms with van der Waals surface area (Å²) >= 11 is 7.40. The average Bonchev–Trinajstić information content (AvgIpc) is 3.02. The van der Waals surface area contributed by atoms with E-state index >= 15 is 0 Å². The Hall–Kier alpha value is -3.67. The first-order valence-corrected chi connectivity index (χ1v) is 15.8. The molecule has 1 aliphatic heterocycles. The Kier molecular flexibility index (Phi) is 10.9. The molecule has 0 bridgehead atoms. The van der Waals surface area contributed by atoms with E-state index in [1.165, 1.54) is 0 Å². The number of likely N-dealkylation sites (tertiary alicyclic amines) is 1. The SMILES string of the molecule is COCc1cc(C(=O)NC2(c3ccc(CN4CC(F)C4)c(OC)n3)C=CC=C(c3ccccc3C)C2Cl)ncc1CNCC(C)O. The Morgan fingerprint density at radius 2 is 1.98 bits per heavy atom. The molecule has 11 heteroatoms. The summed E-state index contributed by atoms with van der Waals surface area (Å²) in [6.45, 7) is 6.11. The number of methoxy groups -OCH3 is 2. The average molecular weight is 650 g/mol. The van der Waals surface area contributed by atoms with Gasteiger partial charge in [-0.2, -0.15) is 0 Å². The first-order chi connectivity index (χ1) is 22.1. The number of hydrogen-bond donors (Lipinski definition) is 3. The highest BCUT2D eigenvalue weighted by Gasteiger charge is 2.45. The number of ether oxygens (including phenoxy) is 2. The number of aliphatic hydroxyl groups is 1. The Bertz CT molecular complexity index is 1610. The number of amides is 1. The molecule has 5 rings (SSSR count). The van der Waals surface area contributed by atoms with Crippen molar-refractivity contribution in [2.24, 2.45) is 0 Å². The third-order valence-corrected chi connectivity index (χ3v) is 8.90. The van der Waals surface area contributed by atoms with Crippen molar-refractivity contribution in [1.29, 1.82) is 0 Å². The lowest BCUT2D eigenvalue weighted by Gasteiger charge is -2.39. The van der Waals surface area contributed by atoms with E-state index in [-0.39, 0.29) is 12.3 Å². The lowest BCUT2D eigenvalue weighted by atomic mass is 9.79. The summed E-state index contributed by atoms with van der Waals surface area (Å²) in [5.41, 5.74) is 4.69. The van der Waals surface area contributed by atoms with Crippen molar-refractivity contribution in [3.8, 4) is 5.88 Å². The van der Waals surface area contributed by atoms with Crippen LogP contribution in [0.15, 0.2) is 66.9 Å².